The minimum Gasteiger partial charge on any atom is -0.455 e. The molecule has 0 radical (unpaired) electrons. The average molecular weight is 759 g/mol. The van der Waals surface area contributed by atoms with Gasteiger partial charge in [-0.25, -0.2) is 0 Å². The van der Waals surface area contributed by atoms with E-state index in [2.05, 4.69) is 91.9 Å². The first kappa shape index (κ1) is 34.1. The minimum atomic E-state index is 0.0798. The van der Waals surface area contributed by atoms with E-state index < -0.39 is 0 Å². The Kier molecular flexibility index (Phi) is 7.00. The predicted molar refractivity (Wildman–Crippen MR) is 240 cm³/mol. The Balaban J connectivity index is 1.30. The van der Waals surface area contributed by atoms with E-state index in [1.807, 2.05) is 0 Å². The van der Waals surface area contributed by atoms with Crippen LogP contribution in [0.15, 0.2) is 65.1 Å². The molecule has 3 aromatic heterocycles. The molecule has 2 unspecified atom stereocenters. The number of aryl methyl sites for hydroxylation is 3. The van der Waals surface area contributed by atoms with Gasteiger partial charge in [0.05, 0.1) is 28.2 Å². The third-order valence-electron chi connectivity index (χ3n) is 17.1. The van der Waals surface area contributed by atoms with E-state index in [1.54, 1.807) is 11.1 Å². The van der Waals surface area contributed by atoms with Gasteiger partial charge in [0, 0.05) is 37.9 Å². The van der Waals surface area contributed by atoms with Crippen molar-refractivity contribution in [1.29, 1.82) is 5.26 Å². The molecule has 6 aliphatic rings. The maximum atomic E-state index is 11.4. The highest BCUT2D eigenvalue weighted by atomic mass is 16.3. The molecule has 3 fully saturated rings. The van der Waals surface area contributed by atoms with Crippen molar-refractivity contribution in [2.24, 2.45) is 11.8 Å². The van der Waals surface area contributed by atoms with Crippen LogP contribution >= 0.6 is 0 Å². The lowest BCUT2D eigenvalue weighted by molar-refractivity contribution is 0.122. The van der Waals surface area contributed by atoms with Crippen molar-refractivity contribution >= 4 is 60.0 Å². The van der Waals surface area contributed by atoms with Crippen LogP contribution in [0.3, 0.4) is 0 Å². The SMILES string of the molecule is Cc1cccc(C)c1-c1c2oc3ccccc3c2c2c3c4c(c(C#N)cc3n3c5cc6c(cc5c1c23)C1CC2CC(C1)CC6(C)C2)C1(CCCCCC4)CCCCC1. The topological polar surface area (TPSA) is 41.3 Å². The van der Waals surface area contributed by atoms with Gasteiger partial charge in [-0.05, 0) is 170 Å². The van der Waals surface area contributed by atoms with Crippen molar-refractivity contribution < 1.29 is 4.42 Å². The third-order valence-corrected chi connectivity index (χ3v) is 17.1. The second kappa shape index (κ2) is 11.9. The van der Waals surface area contributed by atoms with Gasteiger partial charge in [0.15, 0.2) is 0 Å². The van der Waals surface area contributed by atoms with Gasteiger partial charge in [-0.3, -0.25) is 0 Å². The Hall–Kier alpha value is -4.81. The van der Waals surface area contributed by atoms with Crippen LogP contribution in [0, 0.1) is 37.0 Å². The zero-order valence-electron chi connectivity index (χ0n) is 34.6. The molecule has 3 nitrogen and oxygen atoms in total. The third kappa shape index (κ3) is 4.35. The molecule has 290 valence electrons. The second-order valence-corrected chi connectivity index (χ2v) is 20.5. The highest BCUT2D eigenvalue weighted by molar-refractivity contribution is 6.39. The molecule has 8 aromatic rings. The van der Waals surface area contributed by atoms with Crippen LogP contribution in [0.4, 0.5) is 0 Å². The van der Waals surface area contributed by atoms with Crippen LogP contribution in [0.25, 0.3) is 71.2 Å². The summed E-state index contributed by atoms with van der Waals surface area (Å²) in [6.07, 6.45) is 20.3. The minimum absolute atomic E-state index is 0.0798. The van der Waals surface area contributed by atoms with Crippen LogP contribution in [-0.2, 0) is 17.3 Å². The van der Waals surface area contributed by atoms with E-state index in [-0.39, 0.29) is 10.8 Å². The highest BCUT2D eigenvalue weighted by Gasteiger charge is 2.48. The maximum Gasteiger partial charge on any atom is 0.144 e. The molecule has 0 amide bonds. The number of benzene rings is 5. The van der Waals surface area contributed by atoms with Crippen molar-refractivity contribution in [3.8, 4) is 17.2 Å². The normalized spacial score (nSPS) is 25.4. The molecule has 0 saturated heterocycles. The molecular formula is C55H54N2O. The summed E-state index contributed by atoms with van der Waals surface area (Å²) in [6, 6.07) is 26.3. The molecule has 3 saturated carbocycles. The summed E-state index contributed by atoms with van der Waals surface area (Å²) in [5.41, 5.74) is 18.4. The number of fused-ring (bicyclic) bond motifs is 13. The Labute approximate surface area is 341 Å². The number of hydrogen-bond acceptors (Lipinski definition) is 2. The number of hydrogen-bond donors (Lipinski definition) is 0. The molecule has 3 heteroatoms. The lowest BCUT2D eigenvalue weighted by Crippen LogP contribution is -2.35. The number of nitrogens with zero attached hydrogens (tertiary/aromatic N) is 2. The lowest BCUT2D eigenvalue weighted by Gasteiger charge is -2.44. The molecule has 5 aromatic carbocycles. The molecule has 3 heterocycles. The summed E-state index contributed by atoms with van der Waals surface area (Å²) in [7, 11) is 0. The van der Waals surface area contributed by atoms with Gasteiger partial charge in [0.25, 0.3) is 0 Å². The average Bonchev–Trinajstić information content (AvgIpc) is 3.86. The quantitative estimate of drug-likeness (QED) is 0.167. The summed E-state index contributed by atoms with van der Waals surface area (Å²) in [5.74, 6) is 2.32. The fourth-order valence-electron chi connectivity index (χ4n) is 15.2. The Morgan fingerprint density at radius 2 is 1.43 bits per heavy atom. The Morgan fingerprint density at radius 3 is 2.19 bits per heavy atom. The van der Waals surface area contributed by atoms with E-state index in [1.165, 1.54) is 179 Å². The number of nitriles is 1. The molecule has 58 heavy (non-hydrogen) atoms. The highest BCUT2D eigenvalue weighted by Crippen LogP contribution is 2.61. The van der Waals surface area contributed by atoms with Gasteiger partial charge < -0.3 is 8.82 Å². The number of para-hydroxylation sites is 1. The van der Waals surface area contributed by atoms with E-state index in [4.69, 9.17) is 4.42 Å². The van der Waals surface area contributed by atoms with Crippen molar-refractivity contribution in [2.75, 3.05) is 0 Å². The van der Waals surface area contributed by atoms with E-state index in [9.17, 15) is 5.26 Å². The second-order valence-electron chi connectivity index (χ2n) is 20.5. The van der Waals surface area contributed by atoms with Crippen molar-refractivity contribution in [3.63, 3.8) is 0 Å². The van der Waals surface area contributed by atoms with Gasteiger partial charge in [-0.2, -0.15) is 5.26 Å². The fraction of sp³-hybridized carbons (Fsp3) is 0.436. The largest absolute Gasteiger partial charge is 0.455 e. The van der Waals surface area contributed by atoms with E-state index in [0.29, 0.717) is 5.92 Å². The van der Waals surface area contributed by atoms with Crippen molar-refractivity contribution in [3.05, 3.63) is 99.6 Å². The lowest BCUT2D eigenvalue weighted by atomic mass is 9.61. The van der Waals surface area contributed by atoms with Gasteiger partial charge in [0.2, 0.25) is 0 Å². The fourth-order valence-corrected chi connectivity index (χ4v) is 15.2. The van der Waals surface area contributed by atoms with E-state index >= 15 is 0 Å². The zero-order chi connectivity index (χ0) is 38.7. The van der Waals surface area contributed by atoms with Crippen LogP contribution in [0.5, 0.6) is 0 Å². The predicted octanol–water partition coefficient (Wildman–Crippen LogP) is 15.2. The van der Waals surface area contributed by atoms with Crippen molar-refractivity contribution in [1.82, 2.24) is 4.40 Å². The molecule has 0 N–H and O–H groups in total. The van der Waals surface area contributed by atoms with Gasteiger partial charge in [-0.15, -0.1) is 0 Å². The number of furan rings is 1. The molecular weight excluding hydrogens is 705 g/mol. The van der Waals surface area contributed by atoms with Crippen molar-refractivity contribution in [2.45, 2.75) is 140 Å². The monoisotopic (exact) mass is 758 g/mol. The summed E-state index contributed by atoms with van der Waals surface area (Å²) in [4.78, 5) is 0. The van der Waals surface area contributed by atoms with Crippen LogP contribution in [0.1, 0.15) is 148 Å². The van der Waals surface area contributed by atoms with Gasteiger partial charge in [0.1, 0.15) is 11.2 Å². The Bertz CT molecular complexity index is 3070. The van der Waals surface area contributed by atoms with Crippen LogP contribution in [0.2, 0.25) is 0 Å². The standard InChI is InChI=1S/C55H54N2O/c1-31-14-13-15-32(2)45(31)50-47-40-26-39-35-23-33-22-34(24-35)29-54(3,28-33)41(39)27-42(40)57-43-25-36(30-56)51-38(17-7-4-5-10-19-55(51)20-11-6-12-21-55)46(43)49(52(47)57)48-37-16-8-9-18-44(37)58-53(48)50/h8-9,13-16,18,25-27,33-35H,4-7,10-12,17,19-24,28-29H2,1-3H3. The molecule has 6 aliphatic carbocycles. The first-order chi connectivity index (χ1) is 28.4. The molecule has 2 atom stereocenters. The first-order valence-corrected chi connectivity index (χ1v) is 23.0. The first-order valence-electron chi connectivity index (χ1n) is 23.0. The summed E-state index contributed by atoms with van der Waals surface area (Å²) >= 11 is 0. The molecule has 14 rings (SSSR count). The van der Waals surface area contributed by atoms with Crippen LogP contribution < -0.4 is 0 Å². The van der Waals surface area contributed by atoms with E-state index in [0.717, 1.165) is 35.0 Å². The number of rotatable bonds is 1. The molecule has 4 bridgehead atoms. The van der Waals surface area contributed by atoms with Crippen LogP contribution in [-0.4, -0.2) is 4.40 Å². The maximum absolute atomic E-state index is 11.4. The smallest absolute Gasteiger partial charge is 0.144 e. The molecule has 0 aliphatic heterocycles. The summed E-state index contributed by atoms with van der Waals surface area (Å²) in [5, 5.41) is 19.3. The summed E-state index contributed by atoms with van der Waals surface area (Å²) < 4.78 is 9.98. The van der Waals surface area contributed by atoms with Gasteiger partial charge in [-0.1, -0.05) is 81.8 Å². The summed E-state index contributed by atoms with van der Waals surface area (Å²) in [6.45, 7) is 7.20. The zero-order valence-corrected chi connectivity index (χ0v) is 34.6. The molecule has 1 spiro atoms. The Morgan fingerprint density at radius 1 is 0.707 bits per heavy atom. The van der Waals surface area contributed by atoms with Gasteiger partial charge >= 0.3 is 0 Å². The number of aromatic nitrogens is 1.